The fourth-order valence-corrected chi connectivity index (χ4v) is 13.0. The van der Waals surface area contributed by atoms with E-state index in [1.165, 1.54) is 180 Å². The van der Waals surface area contributed by atoms with Crippen LogP contribution in [0.15, 0.2) is 0 Å². The highest BCUT2D eigenvalue weighted by Gasteiger charge is 2.30. The van der Waals surface area contributed by atoms with Crippen LogP contribution in [0.4, 0.5) is 0 Å². The predicted molar refractivity (Wildman–Crippen MR) is 381 cm³/mol. The Bertz CT molecular complexity index is 1850. The fraction of sp³-hybridized carbons (Fsp3) is 0.947. The van der Waals surface area contributed by atoms with Gasteiger partial charge in [0.1, 0.15) is 19.3 Å². The van der Waals surface area contributed by atoms with Crippen LogP contribution in [0.1, 0.15) is 376 Å². The minimum Gasteiger partial charge on any atom is -0.462 e. The second-order valence-electron chi connectivity index (χ2n) is 28.9. The second-order valence-corrected chi connectivity index (χ2v) is 31.9. The number of ether oxygens (including phenoxy) is 4. The molecule has 0 aromatic carbocycles. The number of carbonyl (C=O) groups excluding carboxylic acids is 4. The lowest BCUT2D eigenvalue weighted by atomic mass is 10.0. The molecule has 0 fully saturated rings. The van der Waals surface area contributed by atoms with Crippen molar-refractivity contribution in [2.24, 2.45) is 23.7 Å². The summed E-state index contributed by atoms with van der Waals surface area (Å²) >= 11 is 0. The minimum atomic E-state index is -4.96. The zero-order valence-corrected chi connectivity index (χ0v) is 63.4. The molecule has 0 radical (unpaired) electrons. The molecule has 19 heteroatoms. The van der Waals surface area contributed by atoms with Gasteiger partial charge in [0.25, 0.3) is 0 Å². The molecule has 5 atom stereocenters. The Hall–Kier alpha value is -1.94. The first-order chi connectivity index (χ1) is 45.1. The number of hydrogen-bond acceptors (Lipinski definition) is 15. The van der Waals surface area contributed by atoms with E-state index in [1.54, 1.807) is 0 Å². The lowest BCUT2D eigenvalue weighted by molar-refractivity contribution is -0.161. The van der Waals surface area contributed by atoms with Gasteiger partial charge < -0.3 is 33.8 Å². The fourth-order valence-electron chi connectivity index (χ4n) is 11.4. The van der Waals surface area contributed by atoms with E-state index < -0.39 is 97.5 Å². The standard InChI is InChI=1S/C75H146O17P2/c1-65(2)51-43-35-27-19-14-12-10-9-11-13-15-22-31-39-47-55-72(77)85-61-70(91-74(79)57-49-41-33-23-17-16-20-28-36-44-52-66(3)4)63-89-93(81,82)87-59-69(76)60-88-94(83,84)90-64-71(62-86-73(78)56-48-40-32-26-25-30-38-46-54-68(7)8)92-75(80)58-50-42-34-24-18-21-29-37-45-53-67(5)6/h65-71,76H,9-64H2,1-8H3,(H,81,82)(H,83,84)/t69?,70-,71-/m1/s1. The molecule has 0 aromatic heterocycles. The van der Waals surface area contributed by atoms with E-state index in [4.69, 9.17) is 37.0 Å². The van der Waals surface area contributed by atoms with Crippen molar-refractivity contribution < 1.29 is 80.2 Å². The number of carbonyl (C=O) groups is 4. The molecule has 0 amide bonds. The number of phosphoric acid groups is 2. The monoisotopic (exact) mass is 1380 g/mol. The quantitative estimate of drug-likeness (QED) is 0.0222. The zero-order chi connectivity index (χ0) is 69.6. The van der Waals surface area contributed by atoms with Crippen molar-refractivity contribution in [3.8, 4) is 0 Å². The zero-order valence-electron chi connectivity index (χ0n) is 61.6. The average Bonchev–Trinajstić information content (AvgIpc) is 1.92. The molecule has 3 unspecified atom stereocenters. The second kappa shape index (κ2) is 64.4. The maximum absolute atomic E-state index is 13.1. The first-order valence-electron chi connectivity index (χ1n) is 38.7. The van der Waals surface area contributed by atoms with E-state index in [1.807, 2.05) is 0 Å². The Morgan fingerprint density at radius 3 is 0.660 bits per heavy atom. The predicted octanol–water partition coefficient (Wildman–Crippen LogP) is 21.7. The largest absolute Gasteiger partial charge is 0.472 e. The van der Waals surface area contributed by atoms with Gasteiger partial charge in [0, 0.05) is 25.7 Å². The van der Waals surface area contributed by atoms with Gasteiger partial charge in [0.2, 0.25) is 0 Å². The molecule has 0 bridgehead atoms. The van der Waals surface area contributed by atoms with Gasteiger partial charge in [-0.3, -0.25) is 37.3 Å². The smallest absolute Gasteiger partial charge is 0.462 e. The number of esters is 4. The van der Waals surface area contributed by atoms with Crippen LogP contribution < -0.4 is 0 Å². The van der Waals surface area contributed by atoms with Crippen LogP contribution in [0, 0.1) is 23.7 Å². The third-order valence-corrected chi connectivity index (χ3v) is 19.2. The van der Waals surface area contributed by atoms with Crippen LogP contribution in [0.2, 0.25) is 0 Å². The van der Waals surface area contributed by atoms with Gasteiger partial charge in [-0.25, -0.2) is 9.13 Å². The Morgan fingerprint density at radius 2 is 0.447 bits per heavy atom. The molecule has 0 spiro atoms. The van der Waals surface area contributed by atoms with E-state index in [0.29, 0.717) is 25.7 Å². The topological polar surface area (TPSA) is 237 Å². The maximum atomic E-state index is 13.1. The molecule has 0 aliphatic heterocycles. The van der Waals surface area contributed by atoms with Crippen LogP contribution in [0.3, 0.4) is 0 Å². The van der Waals surface area contributed by atoms with Crippen LogP contribution in [-0.2, 0) is 65.4 Å². The number of rotatable bonds is 72. The third-order valence-electron chi connectivity index (χ3n) is 17.3. The molecule has 0 aromatic rings. The lowest BCUT2D eigenvalue weighted by Crippen LogP contribution is -2.30. The Labute approximate surface area is 575 Å². The van der Waals surface area contributed by atoms with Gasteiger partial charge in [-0.05, 0) is 49.4 Å². The molecule has 0 saturated carbocycles. The molecule has 0 saturated heterocycles. The maximum Gasteiger partial charge on any atom is 0.472 e. The van der Waals surface area contributed by atoms with E-state index in [2.05, 4.69) is 55.4 Å². The molecule has 0 aliphatic rings. The third kappa shape index (κ3) is 68.6. The number of aliphatic hydroxyl groups excluding tert-OH is 1. The Kier molecular flexibility index (Phi) is 63.1. The molecule has 0 rings (SSSR count). The van der Waals surface area contributed by atoms with Crippen molar-refractivity contribution in [3.05, 3.63) is 0 Å². The van der Waals surface area contributed by atoms with Gasteiger partial charge in [0.15, 0.2) is 12.2 Å². The summed E-state index contributed by atoms with van der Waals surface area (Å²) in [6.45, 7) is 14.2. The highest BCUT2D eigenvalue weighted by molar-refractivity contribution is 7.47. The van der Waals surface area contributed by atoms with E-state index >= 15 is 0 Å². The molecule has 94 heavy (non-hydrogen) atoms. The SMILES string of the molecule is CC(C)CCCCCCCCCCCCCCCCCC(=O)OC[C@H](COP(=O)(O)OCC(O)COP(=O)(O)OC[C@@H](COC(=O)CCCCCCCCCCC(C)C)OC(=O)CCCCCCCCCCCC(C)C)OC(=O)CCCCCCCCCCCCC(C)C. The van der Waals surface area contributed by atoms with Crippen molar-refractivity contribution in [2.75, 3.05) is 39.6 Å². The van der Waals surface area contributed by atoms with E-state index in [9.17, 15) is 43.2 Å². The van der Waals surface area contributed by atoms with Crippen LogP contribution >= 0.6 is 15.6 Å². The minimum absolute atomic E-state index is 0.104. The van der Waals surface area contributed by atoms with Gasteiger partial charge in [-0.2, -0.15) is 0 Å². The van der Waals surface area contributed by atoms with Crippen molar-refractivity contribution in [3.63, 3.8) is 0 Å². The van der Waals surface area contributed by atoms with Gasteiger partial charge in [-0.15, -0.1) is 0 Å². The Balaban J connectivity index is 5.23. The summed E-state index contributed by atoms with van der Waals surface area (Å²) in [5.41, 5.74) is 0. The van der Waals surface area contributed by atoms with Gasteiger partial charge >= 0.3 is 39.5 Å². The summed E-state index contributed by atoms with van der Waals surface area (Å²) in [6.07, 6.45) is 48.6. The number of hydrogen-bond donors (Lipinski definition) is 3. The highest BCUT2D eigenvalue weighted by atomic mass is 31.2. The van der Waals surface area contributed by atoms with E-state index in [0.717, 1.165) is 114 Å². The van der Waals surface area contributed by atoms with Gasteiger partial charge in [-0.1, -0.05) is 325 Å². The van der Waals surface area contributed by atoms with Crippen molar-refractivity contribution in [2.45, 2.75) is 395 Å². The van der Waals surface area contributed by atoms with E-state index in [-0.39, 0.29) is 25.7 Å². The Morgan fingerprint density at radius 1 is 0.266 bits per heavy atom. The number of aliphatic hydroxyl groups is 1. The molecule has 3 N–H and O–H groups in total. The average molecular weight is 1380 g/mol. The van der Waals surface area contributed by atoms with Crippen LogP contribution in [0.5, 0.6) is 0 Å². The molecular formula is C75H146O17P2. The van der Waals surface area contributed by atoms with Crippen LogP contribution in [-0.4, -0.2) is 96.7 Å². The first kappa shape index (κ1) is 92.1. The van der Waals surface area contributed by atoms with Crippen molar-refractivity contribution >= 4 is 39.5 Å². The summed E-state index contributed by atoms with van der Waals surface area (Å²) in [7, 11) is -9.91. The van der Waals surface area contributed by atoms with Gasteiger partial charge in [0.05, 0.1) is 26.4 Å². The number of unbranched alkanes of at least 4 members (excludes halogenated alkanes) is 38. The molecular weight excluding hydrogens is 1230 g/mol. The molecule has 0 heterocycles. The number of phosphoric ester groups is 2. The first-order valence-corrected chi connectivity index (χ1v) is 41.7. The van der Waals surface area contributed by atoms with Crippen LogP contribution in [0.25, 0.3) is 0 Å². The summed E-state index contributed by atoms with van der Waals surface area (Å²) in [5, 5.41) is 10.6. The molecule has 17 nitrogen and oxygen atoms in total. The highest BCUT2D eigenvalue weighted by Crippen LogP contribution is 2.45. The molecule has 0 aliphatic carbocycles. The summed E-state index contributed by atoms with van der Waals surface area (Å²) < 4.78 is 68.5. The lowest BCUT2D eigenvalue weighted by Gasteiger charge is -2.21. The van der Waals surface area contributed by atoms with Crippen molar-refractivity contribution in [1.29, 1.82) is 0 Å². The van der Waals surface area contributed by atoms with Crippen molar-refractivity contribution in [1.82, 2.24) is 0 Å². The normalized spacial score (nSPS) is 14.2. The molecule has 558 valence electrons. The summed E-state index contributed by atoms with van der Waals surface area (Å²) in [6, 6.07) is 0. The summed E-state index contributed by atoms with van der Waals surface area (Å²) in [4.78, 5) is 72.8. The summed E-state index contributed by atoms with van der Waals surface area (Å²) in [5.74, 6) is 0.898.